The lowest BCUT2D eigenvalue weighted by Crippen LogP contribution is -1.89. The Hall–Kier alpha value is -0.820. The third-order valence-electron chi connectivity index (χ3n) is 1.22. The van der Waals surface area contributed by atoms with E-state index < -0.39 is 0 Å². The molecule has 0 amide bonds. The van der Waals surface area contributed by atoms with E-state index in [1.165, 1.54) is 11.1 Å². The molecule has 2 aliphatic rings. The van der Waals surface area contributed by atoms with Crippen molar-refractivity contribution < 1.29 is 0 Å². The van der Waals surface area contributed by atoms with Gasteiger partial charge < -0.3 is 5.32 Å². The average molecular weight is 121 g/mol. The Balaban J connectivity index is 0.000000120. The third kappa shape index (κ3) is 1.11. The highest BCUT2D eigenvalue weighted by molar-refractivity contribution is 5.75. The summed E-state index contributed by atoms with van der Waals surface area (Å²) in [6.07, 6.45) is 0. The molecule has 1 N–H and O–H groups in total. The van der Waals surface area contributed by atoms with Gasteiger partial charge in [0.15, 0.2) is 0 Å². The first kappa shape index (κ1) is 6.30. The zero-order valence-corrected chi connectivity index (χ0v) is 5.81. The van der Waals surface area contributed by atoms with Gasteiger partial charge in [0, 0.05) is 0 Å². The number of nitrogens with one attached hydrogen (secondary N) is 1. The van der Waals surface area contributed by atoms with Gasteiger partial charge in [0.25, 0.3) is 0 Å². The van der Waals surface area contributed by atoms with Crippen LogP contribution in [-0.2, 0) is 0 Å². The van der Waals surface area contributed by atoms with Gasteiger partial charge in [-0.3, -0.25) is 0 Å². The van der Waals surface area contributed by atoms with E-state index in [0.717, 1.165) is 0 Å². The van der Waals surface area contributed by atoms with E-state index in [2.05, 4.69) is 29.6 Å². The predicted octanol–water partition coefficient (Wildman–Crippen LogP) is 1.50. The van der Waals surface area contributed by atoms with Crippen LogP contribution in [0, 0.1) is 0 Å². The maximum atomic E-state index is 2.75. The Bertz CT molecular complexity index is 155. The third-order valence-corrected chi connectivity index (χ3v) is 1.22. The lowest BCUT2D eigenvalue weighted by Gasteiger charge is -2.10. The van der Waals surface area contributed by atoms with Crippen LogP contribution in [-0.4, -0.2) is 14.1 Å². The van der Waals surface area contributed by atoms with Gasteiger partial charge >= 0.3 is 0 Å². The molecule has 0 fully saturated rings. The first-order valence-electron chi connectivity index (χ1n) is 3.07. The zero-order valence-electron chi connectivity index (χ0n) is 5.81. The molecule has 0 aromatic carbocycles. The second-order valence-corrected chi connectivity index (χ2v) is 2.08. The molecule has 2 aliphatic carbocycles. The van der Waals surface area contributed by atoms with Crippen molar-refractivity contribution in [3.63, 3.8) is 0 Å². The summed E-state index contributed by atoms with van der Waals surface area (Å²) in [7, 11) is 3.75. The van der Waals surface area contributed by atoms with Crippen LogP contribution in [0.25, 0.3) is 11.1 Å². The molecule has 0 aliphatic heterocycles. The number of fused-ring (bicyclic) bond motifs is 1. The minimum Gasteiger partial charge on any atom is -0.323 e. The molecule has 0 aromatic rings. The molecule has 0 unspecified atom stereocenters. The minimum atomic E-state index is 1.43. The first-order valence-corrected chi connectivity index (χ1v) is 3.07. The Labute approximate surface area is 55.7 Å². The normalized spacial score (nSPS) is 9.56. The van der Waals surface area contributed by atoms with Gasteiger partial charge in [-0.25, -0.2) is 0 Å². The molecule has 9 heavy (non-hydrogen) atoms. The molecule has 48 valence electrons. The van der Waals surface area contributed by atoms with Crippen molar-refractivity contribution in [1.29, 1.82) is 0 Å². The maximum absolute atomic E-state index is 2.75. The molecular weight excluding hydrogens is 110 g/mol. The lowest BCUT2D eigenvalue weighted by atomic mass is 9.95. The van der Waals surface area contributed by atoms with Gasteiger partial charge in [0.1, 0.15) is 0 Å². The van der Waals surface area contributed by atoms with E-state index in [1.54, 1.807) is 0 Å². The molecule has 1 heteroatoms. The summed E-state index contributed by atoms with van der Waals surface area (Å²) >= 11 is 0. The summed E-state index contributed by atoms with van der Waals surface area (Å²) in [6.45, 7) is 0. The molecule has 2 rings (SSSR count). The van der Waals surface area contributed by atoms with E-state index in [-0.39, 0.29) is 0 Å². The van der Waals surface area contributed by atoms with E-state index in [1.807, 2.05) is 14.1 Å². The molecule has 0 saturated heterocycles. The average Bonchev–Trinajstić information content (AvgIpc) is 1.81. The minimum absolute atomic E-state index is 1.43. The Morgan fingerprint density at radius 2 is 1.11 bits per heavy atom. The Morgan fingerprint density at radius 1 is 0.889 bits per heavy atom. The zero-order chi connectivity index (χ0) is 6.69. The van der Waals surface area contributed by atoms with Gasteiger partial charge in [-0.15, -0.1) is 0 Å². The number of rotatable bonds is 0. The highest BCUT2D eigenvalue weighted by Crippen LogP contribution is 2.29. The van der Waals surface area contributed by atoms with Crippen molar-refractivity contribution in [3.8, 4) is 11.1 Å². The highest BCUT2D eigenvalue weighted by Gasteiger charge is 2.03. The SMILES string of the molecule is CNC.c1cc2ccc1-2. The van der Waals surface area contributed by atoms with Crippen LogP contribution in [0.3, 0.4) is 0 Å². The lowest BCUT2D eigenvalue weighted by molar-refractivity contribution is 1.02. The molecular formula is C8H11N. The predicted molar refractivity (Wildman–Crippen MR) is 40.4 cm³/mol. The van der Waals surface area contributed by atoms with Gasteiger partial charge in [-0.05, 0) is 25.2 Å². The van der Waals surface area contributed by atoms with E-state index in [9.17, 15) is 0 Å². The molecule has 0 saturated carbocycles. The monoisotopic (exact) mass is 121 g/mol. The van der Waals surface area contributed by atoms with Gasteiger partial charge in [0.05, 0.1) is 0 Å². The van der Waals surface area contributed by atoms with E-state index in [4.69, 9.17) is 0 Å². The van der Waals surface area contributed by atoms with E-state index in [0.29, 0.717) is 0 Å². The van der Waals surface area contributed by atoms with Crippen LogP contribution in [0.5, 0.6) is 0 Å². The fourth-order valence-electron chi connectivity index (χ4n) is 0.663. The van der Waals surface area contributed by atoms with Crippen molar-refractivity contribution in [1.82, 2.24) is 5.32 Å². The van der Waals surface area contributed by atoms with Crippen molar-refractivity contribution in [2.24, 2.45) is 0 Å². The molecule has 0 atom stereocenters. The molecule has 1 nitrogen and oxygen atoms in total. The summed E-state index contributed by atoms with van der Waals surface area (Å²) < 4.78 is 0. The van der Waals surface area contributed by atoms with Crippen molar-refractivity contribution in [2.75, 3.05) is 14.1 Å². The first-order chi connectivity index (χ1) is 4.38. The topological polar surface area (TPSA) is 12.0 Å². The summed E-state index contributed by atoms with van der Waals surface area (Å²) in [6, 6.07) is 8.48. The van der Waals surface area contributed by atoms with Gasteiger partial charge in [0.2, 0.25) is 0 Å². The summed E-state index contributed by atoms with van der Waals surface area (Å²) in [4.78, 5) is 0. The van der Waals surface area contributed by atoms with Crippen LogP contribution < -0.4 is 5.32 Å². The molecule has 0 aromatic heterocycles. The summed E-state index contributed by atoms with van der Waals surface area (Å²) in [5, 5.41) is 2.75. The quantitative estimate of drug-likeness (QED) is 0.557. The van der Waals surface area contributed by atoms with E-state index >= 15 is 0 Å². The van der Waals surface area contributed by atoms with Crippen LogP contribution >= 0.6 is 0 Å². The van der Waals surface area contributed by atoms with Crippen molar-refractivity contribution in [2.45, 2.75) is 0 Å². The smallest absolute Gasteiger partial charge is 0.0167 e. The second-order valence-electron chi connectivity index (χ2n) is 2.08. The van der Waals surface area contributed by atoms with Crippen LogP contribution in [0.1, 0.15) is 0 Å². The molecule has 0 spiro atoms. The Morgan fingerprint density at radius 3 is 1.11 bits per heavy atom. The standard InChI is InChI=1S/C6H4.C2H7N/c1-2-6-4-3-5(1)6;1-3-2/h1-4H;3H,1-2H3. The van der Waals surface area contributed by atoms with Crippen molar-refractivity contribution in [3.05, 3.63) is 24.3 Å². The maximum Gasteiger partial charge on any atom is -0.0167 e. The Kier molecular flexibility index (Phi) is 1.85. The molecule has 0 bridgehead atoms. The number of hydrogen-bond donors (Lipinski definition) is 1. The fourth-order valence-corrected chi connectivity index (χ4v) is 0.663. The molecule has 0 radical (unpaired) electrons. The van der Waals surface area contributed by atoms with Crippen LogP contribution in [0.4, 0.5) is 0 Å². The van der Waals surface area contributed by atoms with Gasteiger partial charge in [-0.2, -0.15) is 0 Å². The second kappa shape index (κ2) is 2.65. The van der Waals surface area contributed by atoms with Crippen molar-refractivity contribution >= 4 is 0 Å². The fraction of sp³-hybridized carbons (Fsp3) is 0.250. The largest absolute Gasteiger partial charge is 0.323 e. The highest BCUT2D eigenvalue weighted by atomic mass is 14.7. The molecule has 0 heterocycles. The summed E-state index contributed by atoms with van der Waals surface area (Å²) in [5.74, 6) is 0. The van der Waals surface area contributed by atoms with Crippen LogP contribution in [0.15, 0.2) is 24.3 Å². The number of hydrogen-bond acceptors (Lipinski definition) is 1. The summed E-state index contributed by atoms with van der Waals surface area (Å²) in [5.41, 5.74) is 2.85. The van der Waals surface area contributed by atoms with Crippen LogP contribution in [0.2, 0.25) is 0 Å². The van der Waals surface area contributed by atoms with Gasteiger partial charge in [-0.1, -0.05) is 24.3 Å². The number of benzene rings is 1.